The summed E-state index contributed by atoms with van der Waals surface area (Å²) in [5.74, 6) is 0. The van der Waals surface area contributed by atoms with Crippen LogP contribution in [-0.2, 0) is 6.54 Å². The fourth-order valence-corrected chi connectivity index (χ4v) is 1.28. The summed E-state index contributed by atoms with van der Waals surface area (Å²) in [6, 6.07) is 1.93. The van der Waals surface area contributed by atoms with Crippen molar-refractivity contribution >= 4 is 11.6 Å². The largest absolute Gasteiger partial charge is 0.363 e. The molecule has 3 N–H and O–H groups in total. The Balaban J connectivity index is 2.41. The van der Waals surface area contributed by atoms with Gasteiger partial charge < -0.3 is 10.7 Å². The van der Waals surface area contributed by atoms with E-state index >= 15 is 0 Å². The van der Waals surface area contributed by atoms with Crippen LogP contribution < -0.4 is 5.73 Å². The lowest BCUT2D eigenvalue weighted by Crippen LogP contribution is -2.25. The zero-order chi connectivity index (χ0) is 8.97. The SMILES string of the molecule is CN(CCN)Cc1cc(Cl)c[nH]1. The predicted octanol–water partition coefficient (Wildman–Crippen LogP) is 1.06. The van der Waals surface area contributed by atoms with Crippen LogP contribution in [0.25, 0.3) is 0 Å². The summed E-state index contributed by atoms with van der Waals surface area (Å²) >= 11 is 5.75. The maximum Gasteiger partial charge on any atom is 0.0583 e. The van der Waals surface area contributed by atoms with Crippen molar-refractivity contribution in [3.63, 3.8) is 0 Å². The molecule has 0 atom stereocenters. The van der Waals surface area contributed by atoms with Gasteiger partial charge >= 0.3 is 0 Å². The van der Waals surface area contributed by atoms with Crippen LogP contribution in [0.4, 0.5) is 0 Å². The maximum atomic E-state index is 5.75. The van der Waals surface area contributed by atoms with Gasteiger partial charge in [0.2, 0.25) is 0 Å². The summed E-state index contributed by atoms with van der Waals surface area (Å²) in [6.45, 7) is 2.45. The van der Waals surface area contributed by atoms with Gasteiger partial charge in [0.05, 0.1) is 5.02 Å². The van der Waals surface area contributed by atoms with Crippen LogP contribution in [0.3, 0.4) is 0 Å². The van der Waals surface area contributed by atoms with Gasteiger partial charge in [-0.05, 0) is 13.1 Å². The normalized spacial score (nSPS) is 11.0. The van der Waals surface area contributed by atoms with Gasteiger partial charge in [0.25, 0.3) is 0 Å². The number of hydrogen-bond acceptors (Lipinski definition) is 2. The van der Waals surface area contributed by atoms with Crippen molar-refractivity contribution in [2.24, 2.45) is 5.73 Å². The number of nitrogens with zero attached hydrogens (tertiary/aromatic N) is 1. The third kappa shape index (κ3) is 2.85. The Morgan fingerprint density at radius 2 is 2.42 bits per heavy atom. The second-order valence-corrected chi connectivity index (χ2v) is 3.31. The third-order valence-electron chi connectivity index (χ3n) is 1.66. The molecule has 12 heavy (non-hydrogen) atoms. The molecule has 0 saturated carbocycles. The fraction of sp³-hybridized carbons (Fsp3) is 0.500. The molecule has 1 heterocycles. The molecular formula is C8H14ClN3. The highest BCUT2D eigenvalue weighted by molar-refractivity contribution is 6.30. The topological polar surface area (TPSA) is 45.0 Å². The molecule has 0 saturated heterocycles. The molecule has 0 aliphatic rings. The van der Waals surface area contributed by atoms with E-state index in [2.05, 4.69) is 9.88 Å². The Kier molecular flexibility index (Phi) is 3.59. The quantitative estimate of drug-likeness (QED) is 0.741. The molecule has 0 amide bonds. The summed E-state index contributed by atoms with van der Waals surface area (Å²) in [7, 11) is 2.03. The second kappa shape index (κ2) is 4.50. The lowest BCUT2D eigenvalue weighted by atomic mass is 10.4. The molecule has 0 unspecified atom stereocenters. The molecular weight excluding hydrogens is 174 g/mol. The van der Waals surface area contributed by atoms with Crippen LogP contribution in [0, 0.1) is 0 Å². The van der Waals surface area contributed by atoms with E-state index in [9.17, 15) is 0 Å². The van der Waals surface area contributed by atoms with Gasteiger partial charge in [-0.1, -0.05) is 11.6 Å². The predicted molar refractivity (Wildman–Crippen MR) is 51.2 cm³/mol. The van der Waals surface area contributed by atoms with Crippen molar-refractivity contribution in [3.8, 4) is 0 Å². The highest BCUT2D eigenvalue weighted by Crippen LogP contribution is 2.10. The van der Waals surface area contributed by atoms with Crippen LogP contribution in [-0.4, -0.2) is 30.0 Å². The van der Waals surface area contributed by atoms with E-state index in [4.69, 9.17) is 17.3 Å². The monoisotopic (exact) mass is 187 g/mol. The summed E-state index contributed by atoms with van der Waals surface area (Å²) in [5.41, 5.74) is 6.53. The van der Waals surface area contributed by atoms with Gasteiger partial charge in [-0.3, -0.25) is 4.90 Å². The fourth-order valence-electron chi connectivity index (χ4n) is 1.09. The van der Waals surface area contributed by atoms with Crippen LogP contribution >= 0.6 is 11.6 Å². The molecule has 4 heteroatoms. The van der Waals surface area contributed by atoms with E-state index in [1.165, 1.54) is 0 Å². The highest BCUT2D eigenvalue weighted by atomic mass is 35.5. The number of H-pyrrole nitrogens is 1. The number of nitrogens with one attached hydrogen (secondary N) is 1. The van der Waals surface area contributed by atoms with E-state index in [1.807, 2.05) is 13.1 Å². The first-order valence-corrected chi connectivity index (χ1v) is 4.31. The number of aromatic amines is 1. The highest BCUT2D eigenvalue weighted by Gasteiger charge is 2.00. The number of likely N-dealkylation sites (N-methyl/N-ethyl adjacent to an activating group) is 1. The Morgan fingerprint density at radius 1 is 1.67 bits per heavy atom. The lowest BCUT2D eigenvalue weighted by Gasteiger charge is -2.13. The van der Waals surface area contributed by atoms with Gasteiger partial charge in [-0.15, -0.1) is 0 Å². The smallest absolute Gasteiger partial charge is 0.0583 e. The zero-order valence-electron chi connectivity index (χ0n) is 7.18. The summed E-state index contributed by atoms with van der Waals surface area (Å²) in [4.78, 5) is 5.22. The van der Waals surface area contributed by atoms with Crippen molar-refractivity contribution < 1.29 is 0 Å². The van der Waals surface area contributed by atoms with E-state index < -0.39 is 0 Å². The van der Waals surface area contributed by atoms with Crippen LogP contribution in [0.2, 0.25) is 5.02 Å². The molecule has 1 rings (SSSR count). The first-order valence-electron chi connectivity index (χ1n) is 3.94. The van der Waals surface area contributed by atoms with Crippen molar-refractivity contribution in [2.45, 2.75) is 6.54 Å². The average Bonchev–Trinajstić information content (AvgIpc) is 2.36. The first-order chi connectivity index (χ1) is 5.72. The molecule has 0 radical (unpaired) electrons. The standard InChI is InChI=1S/C8H14ClN3/c1-12(3-2-10)6-8-4-7(9)5-11-8/h4-5,11H,2-3,6,10H2,1H3. The first kappa shape index (κ1) is 9.58. The average molecular weight is 188 g/mol. The van der Waals surface area contributed by atoms with Gasteiger partial charge in [0.15, 0.2) is 0 Å². The number of rotatable bonds is 4. The van der Waals surface area contributed by atoms with Crippen LogP contribution in [0.5, 0.6) is 0 Å². The molecule has 1 aromatic rings. The van der Waals surface area contributed by atoms with E-state index in [1.54, 1.807) is 6.20 Å². The number of hydrogen-bond donors (Lipinski definition) is 2. The summed E-state index contributed by atoms with van der Waals surface area (Å²) in [6.07, 6.45) is 1.78. The molecule has 0 aliphatic carbocycles. The molecule has 3 nitrogen and oxygen atoms in total. The van der Waals surface area contributed by atoms with Crippen LogP contribution in [0.1, 0.15) is 5.69 Å². The third-order valence-corrected chi connectivity index (χ3v) is 1.88. The lowest BCUT2D eigenvalue weighted by molar-refractivity contribution is 0.333. The molecule has 0 aliphatic heterocycles. The summed E-state index contributed by atoms with van der Waals surface area (Å²) in [5, 5.41) is 0.756. The van der Waals surface area contributed by atoms with Crippen molar-refractivity contribution in [3.05, 3.63) is 23.0 Å². The van der Waals surface area contributed by atoms with Gasteiger partial charge in [-0.25, -0.2) is 0 Å². The summed E-state index contributed by atoms with van der Waals surface area (Å²) < 4.78 is 0. The van der Waals surface area contributed by atoms with E-state index in [-0.39, 0.29) is 0 Å². The Morgan fingerprint density at radius 3 is 2.92 bits per heavy atom. The zero-order valence-corrected chi connectivity index (χ0v) is 7.93. The minimum atomic E-state index is 0.685. The van der Waals surface area contributed by atoms with Crippen molar-refractivity contribution in [1.82, 2.24) is 9.88 Å². The number of nitrogens with two attached hydrogens (primary N) is 1. The minimum absolute atomic E-state index is 0.685. The number of halogens is 1. The minimum Gasteiger partial charge on any atom is -0.363 e. The van der Waals surface area contributed by atoms with Crippen molar-refractivity contribution in [1.29, 1.82) is 0 Å². The molecule has 0 bridgehead atoms. The molecule has 68 valence electrons. The second-order valence-electron chi connectivity index (χ2n) is 2.87. The van der Waals surface area contributed by atoms with Crippen molar-refractivity contribution in [2.75, 3.05) is 20.1 Å². The Hall–Kier alpha value is -0.510. The molecule has 0 spiro atoms. The van der Waals surface area contributed by atoms with E-state index in [0.29, 0.717) is 6.54 Å². The number of aromatic nitrogens is 1. The Bertz CT molecular complexity index is 234. The Labute approximate surface area is 77.5 Å². The maximum absolute atomic E-state index is 5.75. The van der Waals surface area contributed by atoms with Gasteiger partial charge in [0.1, 0.15) is 0 Å². The molecule has 0 fully saturated rings. The molecule has 0 aromatic carbocycles. The van der Waals surface area contributed by atoms with Gasteiger partial charge in [0, 0.05) is 31.5 Å². The molecule has 1 aromatic heterocycles. The van der Waals surface area contributed by atoms with E-state index in [0.717, 1.165) is 23.8 Å². The van der Waals surface area contributed by atoms with Gasteiger partial charge in [-0.2, -0.15) is 0 Å². The van der Waals surface area contributed by atoms with Crippen LogP contribution in [0.15, 0.2) is 12.3 Å².